The van der Waals surface area contributed by atoms with Crippen LogP contribution in [0.25, 0.3) is 16.7 Å². The van der Waals surface area contributed by atoms with Gasteiger partial charge in [0.1, 0.15) is 11.4 Å². The summed E-state index contributed by atoms with van der Waals surface area (Å²) in [5, 5.41) is 1.34. The van der Waals surface area contributed by atoms with E-state index >= 15 is 0 Å². The molecule has 0 radical (unpaired) electrons. The molecule has 1 aromatic carbocycles. The van der Waals surface area contributed by atoms with Gasteiger partial charge in [-0.1, -0.05) is 26.7 Å². The maximum absolute atomic E-state index is 5.40. The Labute approximate surface area is 174 Å². The molecule has 4 nitrogen and oxygen atoms in total. The highest BCUT2D eigenvalue weighted by molar-refractivity contribution is 5.96. The van der Waals surface area contributed by atoms with Crippen LogP contribution in [0.15, 0.2) is 30.5 Å². The smallest absolute Gasteiger partial charge is 0.147 e. The lowest BCUT2D eigenvalue weighted by atomic mass is 9.98. The van der Waals surface area contributed by atoms with Crippen molar-refractivity contribution >= 4 is 16.7 Å². The highest BCUT2D eigenvalue weighted by atomic mass is 16.5. The number of aromatic nitrogens is 2. The van der Waals surface area contributed by atoms with Crippen molar-refractivity contribution in [3.8, 4) is 11.4 Å². The molecule has 0 atom stereocenters. The minimum atomic E-state index is 0.620. The van der Waals surface area contributed by atoms with Crippen molar-refractivity contribution in [2.24, 2.45) is 0 Å². The zero-order valence-electron chi connectivity index (χ0n) is 18.5. The molecule has 2 aromatic heterocycles. The number of nitrogens with zero attached hydrogens (tertiary/aromatic N) is 3. The summed E-state index contributed by atoms with van der Waals surface area (Å²) < 4.78 is 7.69. The Morgan fingerprint density at radius 3 is 2.48 bits per heavy atom. The van der Waals surface area contributed by atoms with E-state index in [-0.39, 0.29) is 0 Å². The standard InChI is InChI=1S/C25H33N3O/c1-6-8-20(9-7-2)27-13-12-19-16-28(22-11-10-21(29-5)14-17(22)3)25-24(19)23(27)15-18(4)26-25/h10-11,14-16,20H,6-9,12-13H2,1-5H3. The van der Waals surface area contributed by atoms with Crippen molar-refractivity contribution in [2.75, 3.05) is 18.6 Å². The van der Waals surface area contributed by atoms with Gasteiger partial charge in [0, 0.05) is 29.9 Å². The Kier molecular flexibility index (Phi) is 5.53. The lowest BCUT2D eigenvalue weighted by molar-refractivity contribution is 0.414. The van der Waals surface area contributed by atoms with Crippen LogP contribution in [-0.4, -0.2) is 29.2 Å². The Balaban J connectivity index is 1.88. The van der Waals surface area contributed by atoms with E-state index < -0.39 is 0 Å². The summed E-state index contributed by atoms with van der Waals surface area (Å²) in [4.78, 5) is 7.66. The first-order chi connectivity index (χ1) is 14.1. The van der Waals surface area contributed by atoms with Crippen LogP contribution < -0.4 is 9.64 Å². The largest absolute Gasteiger partial charge is 0.497 e. The van der Waals surface area contributed by atoms with Crippen molar-refractivity contribution in [3.05, 3.63) is 47.3 Å². The summed E-state index contributed by atoms with van der Waals surface area (Å²) in [5.74, 6) is 0.894. The van der Waals surface area contributed by atoms with Gasteiger partial charge < -0.3 is 14.2 Å². The van der Waals surface area contributed by atoms with Crippen LogP contribution in [0.4, 0.5) is 5.69 Å². The average Bonchev–Trinajstić information content (AvgIpc) is 3.07. The van der Waals surface area contributed by atoms with Crippen molar-refractivity contribution < 1.29 is 4.74 Å². The summed E-state index contributed by atoms with van der Waals surface area (Å²) in [6.45, 7) is 9.96. The summed E-state index contributed by atoms with van der Waals surface area (Å²) in [5.41, 5.74) is 7.34. The molecule has 1 aliphatic rings. The summed E-state index contributed by atoms with van der Waals surface area (Å²) >= 11 is 0. The van der Waals surface area contributed by atoms with Crippen molar-refractivity contribution in [1.82, 2.24) is 9.55 Å². The lowest BCUT2D eigenvalue weighted by Gasteiger charge is -2.37. The molecule has 0 N–H and O–H groups in total. The van der Waals surface area contributed by atoms with Gasteiger partial charge in [-0.15, -0.1) is 0 Å². The molecule has 3 heterocycles. The van der Waals surface area contributed by atoms with Crippen LogP contribution in [0.2, 0.25) is 0 Å². The van der Waals surface area contributed by atoms with E-state index in [4.69, 9.17) is 9.72 Å². The molecular weight excluding hydrogens is 358 g/mol. The maximum atomic E-state index is 5.40. The fourth-order valence-corrected chi connectivity index (χ4v) is 4.89. The highest BCUT2D eigenvalue weighted by Crippen LogP contribution is 2.39. The molecule has 0 unspecified atom stereocenters. The number of benzene rings is 1. The van der Waals surface area contributed by atoms with Gasteiger partial charge in [-0.05, 0) is 68.5 Å². The number of hydrogen-bond acceptors (Lipinski definition) is 3. The Hall–Kier alpha value is -2.49. The third kappa shape index (κ3) is 3.50. The van der Waals surface area contributed by atoms with E-state index in [0.717, 1.165) is 30.1 Å². The maximum Gasteiger partial charge on any atom is 0.147 e. The molecule has 0 amide bonds. The van der Waals surface area contributed by atoms with E-state index in [1.54, 1.807) is 7.11 Å². The minimum Gasteiger partial charge on any atom is -0.497 e. The van der Waals surface area contributed by atoms with Crippen LogP contribution >= 0.6 is 0 Å². The second-order valence-corrected chi connectivity index (χ2v) is 8.33. The zero-order valence-corrected chi connectivity index (χ0v) is 18.5. The SMILES string of the molecule is CCCC(CCC)N1CCc2cn(-c3ccc(OC)cc3C)c3nc(C)cc1c23. The van der Waals surface area contributed by atoms with Gasteiger partial charge in [0.25, 0.3) is 0 Å². The normalized spacial score (nSPS) is 13.5. The monoisotopic (exact) mass is 391 g/mol. The fourth-order valence-electron chi connectivity index (χ4n) is 4.89. The first kappa shape index (κ1) is 19.8. The molecule has 3 aromatic rings. The Morgan fingerprint density at radius 1 is 1.07 bits per heavy atom. The predicted molar refractivity (Wildman–Crippen MR) is 122 cm³/mol. The molecule has 0 fully saturated rings. The van der Waals surface area contributed by atoms with Gasteiger partial charge in [-0.3, -0.25) is 0 Å². The van der Waals surface area contributed by atoms with Crippen LogP contribution in [0.5, 0.6) is 5.75 Å². The Bertz CT molecular complexity index is 1010. The van der Waals surface area contributed by atoms with E-state index in [1.165, 1.54) is 53.6 Å². The number of pyridine rings is 1. The summed E-state index contributed by atoms with van der Waals surface area (Å²) in [7, 11) is 1.72. The first-order valence-corrected chi connectivity index (χ1v) is 11.0. The third-order valence-corrected chi connectivity index (χ3v) is 6.22. The van der Waals surface area contributed by atoms with Gasteiger partial charge >= 0.3 is 0 Å². The quantitative estimate of drug-likeness (QED) is 0.496. The number of ether oxygens (including phenoxy) is 1. The number of rotatable bonds is 7. The van der Waals surface area contributed by atoms with Gasteiger partial charge in [0.05, 0.1) is 18.5 Å². The second kappa shape index (κ2) is 8.10. The molecule has 1 aliphatic heterocycles. The van der Waals surface area contributed by atoms with E-state index in [1.807, 2.05) is 6.07 Å². The van der Waals surface area contributed by atoms with Gasteiger partial charge in [-0.2, -0.15) is 0 Å². The molecular formula is C25H33N3O. The van der Waals surface area contributed by atoms with Crippen LogP contribution in [0.3, 0.4) is 0 Å². The summed E-state index contributed by atoms with van der Waals surface area (Å²) in [6.07, 6.45) is 8.36. The molecule has 0 spiro atoms. The number of methoxy groups -OCH3 is 1. The molecule has 0 saturated heterocycles. The number of aryl methyl sites for hydroxylation is 2. The molecule has 4 heteroatoms. The highest BCUT2D eigenvalue weighted by Gasteiger charge is 2.28. The van der Waals surface area contributed by atoms with Crippen molar-refractivity contribution in [2.45, 2.75) is 65.8 Å². The lowest BCUT2D eigenvalue weighted by Crippen LogP contribution is -2.38. The Morgan fingerprint density at radius 2 is 1.83 bits per heavy atom. The fraction of sp³-hybridized carbons (Fsp3) is 0.480. The van der Waals surface area contributed by atoms with E-state index in [2.05, 4.69) is 61.6 Å². The van der Waals surface area contributed by atoms with Crippen LogP contribution in [0, 0.1) is 13.8 Å². The zero-order chi connectivity index (χ0) is 20.5. The predicted octanol–water partition coefficient (Wildman–Crippen LogP) is 5.98. The van der Waals surface area contributed by atoms with Crippen molar-refractivity contribution in [3.63, 3.8) is 0 Å². The third-order valence-electron chi connectivity index (χ3n) is 6.22. The molecule has 0 saturated carbocycles. The first-order valence-electron chi connectivity index (χ1n) is 11.0. The van der Waals surface area contributed by atoms with Gasteiger partial charge in [0.15, 0.2) is 0 Å². The number of anilines is 1. The van der Waals surface area contributed by atoms with Crippen LogP contribution in [0.1, 0.15) is 56.4 Å². The van der Waals surface area contributed by atoms with Crippen LogP contribution in [-0.2, 0) is 6.42 Å². The molecule has 0 aliphatic carbocycles. The topological polar surface area (TPSA) is 30.3 Å². The molecule has 0 bridgehead atoms. The van der Waals surface area contributed by atoms with E-state index in [0.29, 0.717) is 6.04 Å². The minimum absolute atomic E-state index is 0.620. The molecule has 29 heavy (non-hydrogen) atoms. The molecule has 4 rings (SSSR count). The van der Waals surface area contributed by atoms with E-state index in [9.17, 15) is 0 Å². The average molecular weight is 392 g/mol. The van der Waals surface area contributed by atoms with Gasteiger partial charge in [-0.25, -0.2) is 4.98 Å². The molecule has 154 valence electrons. The second-order valence-electron chi connectivity index (χ2n) is 8.33. The van der Waals surface area contributed by atoms with Gasteiger partial charge in [0.2, 0.25) is 0 Å². The van der Waals surface area contributed by atoms with Crippen molar-refractivity contribution in [1.29, 1.82) is 0 Å². The summed E-state index contributed by atoms with van der Waals surface area (Å²) in [6, 6.07) is 9.20. The number of hydrogen-bond donors (Lipinski definition) is 0.